The summed E-state index contributed by atoms with van der Waals surface area (Å²) in [5.41, 5.74) is 0.287. The number of hydrogen-bond donors (Lipinski definition) is 2. The monoisotopic (exact) mass is 420 g/mol. The van der Waals surface area contributed by atoms with Crippen LogP contribution in [0.1, 0.15) is 26.3 Å². The number of ether oxygens (including phenoxy) is 1. The largest absolute Gasteiger partial charge is 0.444 e. The van der Waals surface area contributed by atoms with E-state index in [1.54, 1.807) is 20.8 Å². The van der Waals surface area contributed by atoms with Gasteiger partial charge in [-0.15, -0.1) is 6.58 Å². The van der Waals surface area contributed by atoms with Gasteiger partial charge in [0, 0.05) is 0 Å². The predicted octanol–water partition coefficient (Wildman–Crippen LogP) is 4.16. The standard InChI is InChI=1S/C18H23Cl3N2O3/c1-5-13(22-15(24)18(19,20)21)14(11-12-9-7-6-8-10-12)23-16(25)26-17(2,3)4/h5-10,13-14H,1,11H2,2-4H3,(H,22,24)(H,23,25)/t13-,14+/m1/s1. The zero-order valence-corrected chi connectivity index (χ0v) is 17.2. The van der Waals surface area contributed by atoms with Crippen LogP contribution in [0.4, 0.5) is 4.79 Å². The van der Waals surface area contributed by atoms with Gasteiger partial charge in [0.05, 0.1) is 12.1 Å². The molecule has 144 valence electrons. The summed E-state index contributed by atoms with van der Waals surface area (Å²) >= 11 is 16.8. The Morgan fingerprint density at radius 2 is 1.73 bits per heavy atom. The number of halogens is 3. The van der Waals surface area contributed by atoms with Gasteiger partial charge in [-0.3, -0.25) is 4.79 Å². The van der Waals surface area contributed by atoms with Crippen LogP contribution in [0.5, 0.6) is 0 Å². The Kier molecular flexibility index (Phi) is 8.25. The Morgan fingerprint density at radius 3 is 2.19 bits per heavy atom. The number of alkyl halides is 3. The van der Waals surface area contributed by atoms with E-state index in [1.807, 2.05) is 30.3 Å². The fraction of sp³-hybridized carbons (Fsp3) is 0.444. The highest BCUT2D eigenvalue weighted by atomic mass is 35.6. The van der Waals surface area contributed by atoms with Crippen LogP contribution in [0.3, 0.4) is 0 Å². The molecule has 2 N–H and O–H groups in total. The van der Waals surface area contributed by atoms with E-state index < -0.39 is 33.5 Å². The molecule has 8 heteroatoms. The van der Waals surface area contributed by atoms with Gasteiger partial charge in [0.15, 0.2) is 0 Å². The van der Waals surface area contributed by atoms with E-state index in [-0.39, 0.29) is 0 Å². The van der Waals surface area contributed by atoms with Crippen LogP contribution in [0.25, 0.3) is 0 Å². The number of alkyl carbamates (subject to hydrolysis) is 1. The molecule has 0 unspecified atom stereocenters. The van der Waals surface area contributed by atoms with E-state index in [0.29, 0.717) is 6.42 Å². The lowest BCUT2D eigenvalue weighted by Gasteiger charge is -2.29. The number of carbonyl (C=O) groups excluding carboxylic acids is 2. The Balaban J connectivity index is 2.98. The first-order valence-corrected chi connectivity index (χ1v) is 9.09. The molecule has 0 saturated carbocycles. The van der Waals surface area contributed by atoms with Gasteiger partial charge < -0.3 is 15.4 Å². The van der Waals surface area contributed by atoms with Crippen molar-refractivity contribution in [3.05, 3.63) is 48.6 Å². The quantitative estimate of drug-likeness (QED) is 0.535. The summed E-state index contributed by atoms with van der Waals surface area (Å²) in [6.45, 7) is 8.98. The maximum atomic E-state index is 12.2. The van der Waals surface area contributed by atoms with Crippen molar-refractivity contribution in [2.24, 2.45) is 0 Å². The lowest BCUT2D eigenvalue weighted by atomic mass is 9.99. The van der Waals surface area contributed by atoms with E-state index in [2.05, 4.69) is 17.2 Å². The summed E-state index contributed by atoms with van der Waals surface area (Å²) in [6, 6.07) is 8.22. The van der Waals surface area contributed by atoms with Crippen molar-refractivity contribution in [2.75, 3.05) is 0 Å². The first-order chi connectivity index (χ1) is 11.9. The molecule has 1 rings (SSSR count). The SMILES string of the molecule is C=C[C@@H](NC(=O)C(Cl)(Cl)Cl)[C@H](Cc1ccccc1)NC(=O)OC(C)(C)C. The fourth-order valence-corrected chi connectivity index (χ4v) is 2.32. The maximum absolute atomic E-state index is 12.2. The Bertz CT molecular complexity index is 625. The average Bonchev–Trinajstić information content (AvgIpc) is 2.50. The van der Waals surface area contributed by atoms with Crippen LogP contribution in [0, 0.1) is 0 Å². The number of carbonyl (C=O) groups is 2. The lowest BCUT2D eigenvalue weighted by molar-refractivity contribution is -0.120. The van der Waals surface area contributed by atoms with Gasteiger partial charge in [-0.25, -0.2) is 4.79 Å². The topological polar surface area (TPSA) is 67.4 Å². The van der Waals surface area contributed by atoms with Gasteiger partial charge in [0.1, 0.15) is 5.60 Å². The minimum Gasteiger partial charge on any atom is -0.444 e. The molecular weight excluding hydrogens is 399 g/mol. The fourth-order valence-electron chi connectivity index (χ4n) is 2.15. The first kappa shape index (κ1) is 22.6. The molecular formula is C18H23Cl3N2O3. The van der Waals surface area contributed by atoms with Crippen molar-refractivity contribution in [3.8, 4) is 0 Å². The summed E-state index contributed by atoms with van der Waals surface area (Å²) in [5.74, 6) is -0.809. The lowest BCUT2D eigenvalue weighted by Crippen LogP contribution is -2.54. The Labute approximate surface area is 169 Å². The molecule has 0 heterocycles. The van der Waals surface area contributed by atoms with E-state index in [9.17, 15) is 9.59 Å². The third-order valence-corrected chi connectivity index (χ3v) is 3.76. The van der Waals surface area contributed by atoms with E-state index >= 15 is 0 Å². The van der Waals surface area contributed by atoms with Gasteiger partial charge >= 0.3 is 6.09 Å². The van der Waals surface area contributed by atoms with Crippen molar-refractivity contribution in [1.29, 1.82) is 0 Å². The summed E-state index contributed by atoms with van der Waals surface area (Å²) < 4.78 is 3.18. The van der Waals surface area contributed by atoms with Gasteiger partial charge in [0.25, 0.3) is 9.70 Å². The Morgan fingerprint density at radius 1 is 1.15 bits per heavy atom. The van der Waals surface area contributed by atoms with Gasteiger partial charge in [-0.2, -0.15) is 0 Å². The molecule has 1 aromatic carbocycles. The van der Waals surface area contributed by atoms with Crippen molar-refractivity contribution < 1.29 is 14.3 Å². The van der Waals surface area contributed by atoms with Gasteiger partial charge in [-0.1, -0.05) is 71.2 Å². The molecule has 5 nitrogen and oxygen atoms in total. The second-order valence-electron chi connectivity index (χ2n) is 6.68. The molecule has 26 heavy (non-hydrogen) atoms. The number of nitrogens with one attached hydrogen (secondary N) is 2. The number of benzene rings is 1. The molecule has 0 saturated heterocycles. The number of hydrogen-bond acceptors (Lipinski definition) is 3. The highest BCUT2D eigenvalue weighted by Gasteiger charge is 2.34. The van der Waals surface area contributed by atoms with Crippen LogP contribution < -0.4 is 10.6 Å². The molecule has 0 fully saturated rings. The van der Waals surface area contributed by atoms with Crippen LogP contribution in [0.15, 0.2) is 43.0 Å². The van der Waals surface area contributed by atoms with Crippen LogP contribution in [-0.2, 0) is 16.0 Å². The number of amides is 2. The molecule has 2 amide bonds. The highest BCUT2D eigenvalue weighted by molar-refractivity contribution is 6.76. The molecule has 0 aliphatic carbocycles. The smallest absolute Gasteiger partial charge is 0.407 e. The van der Waals surface area contributed by atoms with Crippen LogP contribution in [-0.4, -0.2) is 33.5 Å². The third kappa shape index (κ3) is 8.30. The second-order valence-corrected chi connectivity index (χ2v) is 8.96. The van der Waals surface area contributed by atoms with Crippen molar-refractivity contribution in [2.45, 2.75) is 48.7 Å². The van der Waals surface area contributed by atoms with Crippen molar-refractivity contribution in [1.82, 2.24) is 10.6 Å². The molecule has 1 aromatic rings. The van der Waals surface area contributed by atoms with E-state index in [1.165, 1.54) is 6.08 Å². The minimum absolute atomic E-state index is 0.414. The molecule has 0 radical (unpaired) electrons. The molecule has 0 bridgehead atoms. The van der Waals surface area contributed by atoms with E-state index in [0.717, 1.165) is 5.56 Å². The Hall–Kier alpha value is -1.43. The first-order valence-electron chi connectivity index (χ1n) is 7.96. The summed E-state index contributed by atoms with van der Waals surface area (Å²) in [4.78, 5) is 24.2. The molecule has 0 aromatic heterocycles. The zero-order valence-electron chi connectivity index (χ0n) is 14.9. The van der Waals surface area contributed by atoms with Crippen LogP contribution in [0.2, 0.25) is 0 Å². The van der Waals surface area contributed by atoms with Gasteiger partial charge in [-0.05, 0) is 32.8 Å². The maximum Gasteiger partial charge on any atom is 0.407 e. The molecule has 0 spiro atoms. The summed E-state index contributed by atoms with van der Waals surface area (Å²) in [6.07, 6.45) is 1.27. The molecule has 0 aliphatic heterocycles. The van der Waals surface area contributed by atoms with Crippen molar-refractivity contribution in [3.63, 3.8) is 0 Å². The van der Waals surface area contributed by atoms with Crippen LogP contribution >= 0.6 is 34.8 Å². The van der Waals surface area contributed by atoms with E-state index in [4.69, 9.17) is 39.5 Å². The normalized spacial score (nSPS) is 14.1. The second kappa shape index (κ2) is 9.49. The summed E-state index contributed by atoms with van der Waals surface area (Å²) in [5, 5.41) is 5.33. The number of rotatable bonds is 6. The zero-order chi connectivity index (χ0) is 20.0. The highest BCUT2D eigenvalue weighted by Crippen LogP contribution is 2.26. The average molecular weight is 422 g/mol. The van der Waals surface area contributed by atoms with Gasteiger partial charge in [0.2, 0.25) is 0 Å². The molecule has 0 aliphatic rings. The van der Waals surface area contributed by atoms with Crippen molar-refractivity contribution >= 4 is 46.8 Å². The minimum atomic E-state index is -2.12. The molecule has 2 atom stereocenters. The predicted molar refractivity (Wildman–Crippen MR) is 106 cm³/mol. The summed E-state index contributed by atoms with van der Waals surface area (Å²) in [7, 11) is 0. The third-order valence-electron chi connectivity index (χ3n) is 3.24.